The van der Waals surface area contributed by atoms with E-state index < -0.39 is 11.8 Å². The van der Waals surface area contributed by atoms with Crippen LogP contribution in [0, 0.1) is 11.7 Å². The maximum Gasteiger partial charge on any atom is 0.351 e. The first-order valence-corrected chi connectivity index (χ1v) is 14.4. The quantitative estimate of drug-likeness (QED) is 0.154. The van der Waals surface area contributed by atoms with Gasteiger partial charge in [0.25, 0.3) is 0 Å². The minimum absolute atomic E-state index is 0.0819. The summed E-state index contributed by atoms with van der Waals surface area (Å²) in [5, 5.41) is 0.479. The zero-order valence-electron chi connectivity index (χ0n) is 18.0. The maximum atomic E-state index is 14.8. The Hall–Kier alpha value is 0.0200. The first-order chi connectivity index (χ1) is 14.5. The predicted octanol–water partition coefficient (Wildman–Crippen LogP) is 10.1. The fourth-order valence-electron chi connectivity index (χ4n) is 3.68. The van der Waals surface area contributed by atoms with Gasteiger partial charge in [0, 0.05) is 0 Å². The number of fused-ring (bicyclic) bond motifs is 1. The van der Waals surface area contributed by atoms with Crippen molar-refractivity contribution in [1.29, 1.82) is 0 Å². The number of carbonyl (C=O) groups is 1. The zero-order valence-corrected chi connectivity index (χ0v) is 22.8. The van der Waals surface area contributed by atoms with Crippen molar-refractivity contribution in [3.05, 3.63) is 18.3 Å². The average Bonchev–Trinajstić information content (AvgIpc) is 3.22. The van der Waals surface area contributed by atoms with E-state index in [0.717, 1.165) is 21.3 Å². The molecule has 1 atom stereocenters. The number of thiophene rings is 2. The van der Waals surface area contributed by atoms with E-state index in [1.54, 1.807) is 0 Å². The van der Waals surface area contributed by atoms with E-state index in [9.17, 15) is 9.18 Å². The number of carbonyl (C=O) groups excluding carboxylic acids is 1. The minimum atomic E-state index is -0.529. The second-order valence-corrected chi connectivity index (χ2v) is 12.6. The van der Waals surface area contributed by atoms with Gasteiger partial charge in [-0.25, -0.2) is 9.18 Å². The van der Waals surface area contributed by atoms with Crippen LogP contribution in [0.3, 0.4) is 0 Å². The molecule has 1 unspecified atom stereocenters. The van der Waals surface area contributed by atoms with Crippen LogP contribution in [0.4, 0.5) is 4.39 Å². The van der Waals surface area contributed by atoms with Gasteiger partial charge in [-0.15, -0.1) is 22.7 Å². The highest BCUT2D eigenvalue weighted by atomic mass is 79.9. The largest absolute Gasteiger partial charge is 0.461 e. The monoisotopic (exact) mass is 582 g/mol. The summed E-state index contributed by atoms with van der Waals surface area (Å²) in [5.41, 5.74) is 0. The fraction of sp³-hybridized carbons (Fsp3) is 0.696. The van der Waals surface area contributed by atoms with E-state index in [1.807, 2.05) is 0 Å². The van der Waals surface area contributed by atoms with Gasteiger partial charge in [-0.3, -0.25) is 0 Å². The van der Waals surface area contributed by atoms with Gasteiger partial charge in [-0.2, -0.15) is 0 Å². The van der Waals surface area contributed by atoms with Gasteiger partial charge in [0.2, 0.25) is 0 Å². The number of esters is 1. The van der Waals surface area contributed by atoms with E-state index in [-0.39, 0.29) is 4.88 Å². The third kappa shape index (κ3) is 7.86. The lowest BCUT2D eigenvalue weighted by atomic mass is 9.95. The van der Waals surface area contributed by atoms with Crippen molar-refractivity contribution in [2.24, 2.45) is 5.92 Å². The summed E-state index contributed by atoms with van der Waals surface area (Å²) >= 11 is 9.43. The van der Waals surface area contributed by atoms with Gasteiger partial charge in [0.1, 0.15) is 4.88 Å². The molecule has 2 heterocycles. The molecule has 0 aliphatic carbocycles. The highest BCUT2D eigenvalue weighted by Crippen LogP contribution is 2.45. The number of hydrogen-bond donors (Lipinski definition) is 0. The molecule has 170 valence electrons. The predicted molar refractivity (Wildman–Crippen MR) is 136 cm³/mol. The summed E-state index contributed by atoms with van der Waals surface area (Å²) < 4.78 is 22.7. The topological polar surface area (TPSA) is 26.3 Å². The van der Waals surface area contributed by atoms with Gasteiger partial charge >= 0.3 is 5.97 Å². The molecule has 0 saturated carbocycles. The molecule has 0 aliphatic heterocycles. The smallest absolute Gasteiger partial charge is 0.351 e. The molecule has 0 spiro atoms. The molecular weight excluding hydrogens is 551 g/mol. The lowest BCUT2D eigenvalue weighted by Crippen LogP contribution is -2.15. The van der Waals surface area contributed by atoms with Crippen LogP contribution in [0.15, 0.2) is 7.57 Å². The summed E-state index contributed by atoms with van der Waals surface area (Å²) in [6, 6.07) is 0. The van der Waals surface area contributed by atoms with Crippen molar-refractivity contribution in [2.45, 2.75) is 90.9 Å². The van der Waals surface area contributed by atoms with Gasteiger partial charge in [-0.1, -0.05) is 78.1 Å². The van der Waals surface area contributed by atoms with Crippen LogP contribution in [0.5, 0.6) is 0 Å². The molecule has 0 fully saturated rings. The molecule has 7 heteroatoms. The molecule has 0 N–H and O–H groups in total. The van der Waals surface area contributed by atoms with Crippen LogP contribution in [-0.2, 0) is 4.74 Å². The minimum Gasteiger partial charge on any atom is -0.461 e. The normalized spacial score (nSPS) is 12.6. The Morgan fingerprint density at radius 3 is 2.07 bits per heavy atom. The lowest BCUT2D eigenvalue weighted by Gasteiger charge is -2.17. The number of halogens is 3. The number of unbranched alkanes of at least 4 members (excludes halogenated alkanes) is 8. The Balaban J connectivity index is 1.89. The second-order valence-electron chi connectivity index (χ2n) is 7.97. The van der Waals surface area contributed by atoms with Gasteiger partial charge in [0.15, 0.2) is 5.82 Å². The third-order valence-electron chi connectivity index (χ3n) is 5.47. The molecule has 2 aromatic heterocycles. The molecule has 2 nitrogen and oxygen atoms in total. The van der Waals surface area contributed by atoms with Crippen molar-refractivity contribution < 1.29 is 13.9 Å². The molecule has 30 heavy (non-hydrogen) atoms. The molecule has 0 aliphatic rings. The molecule has 2 aromatic rings. The van der Waals surface area contributed by atoms with E-state index in [2.05, 4.69) is 45.7 Å². The first kappa shape index (κ1) is 26.3. The fourth-order valence-corrected chi connectivity index (χ4v) is 8.12. The SMILES string of the molecule is CCCCCCCCC(CCCCCC)COC(=O)c1sc2c(Br)sc(Br)c2c1F. The van der Waals surface area contributed by atoms with Crippen molar-refractivity contribution in [3.8, 4) is 0 Å². The van der Waals surface area contributed by atoms with Crippen molar-refractivity contribution >= 4 is 70.6 Å². The van der Waals surface area contributed by atoms with Gasteiger partial charge < -0.3 is 4.74 Å². The third-order valence-corrected chi connectivity index (χ3v) is 9.56. The summed E-state index contributed by atoms with van der Waals surface area (Å²) in [7, 11) is 0. The Kier molecular flexibility index (Phi) is 12.5. The highest BCUT2D eigenvalue weighted by Gasteiger charge is 2.25. The summed E-state index contributed by atoms with van der Waals surface area (Å²) in [6.07, 6.45) is 14.7. The van der Waals surface area contributed by atoms with E-state index in [1.165, 1.54) is 86.9 Å². The zero-order chi connectivity index (χ0) is 21.9. The van der Waals surface area contributed by atoms with E-state index >= 15 is 0 Å². The average molecular weight is 584 g/mol. The Labute approximate surface area is 205 Å². The standard InChI is InChI=1S/C23H33Br2FO2S2/c1-3-5-7-9-10-12-14-16(13-11-8-6-4-2)15-28-23(27)20-18(26)17-19(29-20)22(25)30-21(17)24/h16H,3-15H2,1-2H3. The highest BCUT2D eigenvalue weighted by molar-refractivity contribution is 9.12. The van der Waals surface area contributed by atoms with Gasteiger partial charge in [0.05, 0.1) is 24.3 Å². The number of ether oxygens (including phenoxy) is 1. The Morgan fingerprint density at radius 2 is 1.47 bits per heavy atom. The molecule has 0 radical (unpaired) electrons. The lowest BCUT2D eigenvalue weighted by molar-refractivity contribution is 0.0423. The molecule has 0 aromatic carbocycles. The van der Waals surface area contributed by atoms with Crippen LogP contribution in [-0.4, -0.2) is 12.6 Å². The maximum absolute atomic E-state index is 14.8. The van der Waals surface area contributed by atoms with Crippen molar-refractivity contribution in [3.63, 3.8) is 0 Å². The van der Waals surface area contributed by atoms with Crippen LogP contribution in [0.2, 0.25) is 0 Å². The Bertz CT molecular complexity index is 788. The molecule has 2 rings (SSSR count). The van der Waals surface area contributed by atoms with Crippen LogP contribution < -0.4 is 0 Å². The second kappa shape index (κ2) is 14.2. The van der Waals surface area contributed by atoms with Gasteiger partial charge in [-0.05, 0) is 50.6 Å². The van der Waals surface area contributed by atoms with E-state index in [0.29, 0.717) is 21.7 Å². The molecule has 0 bridgehead atoms. The number of rotatable bonds is 15. The summed E-state index contributed by atoms with van der Waals surface area (Å²) in [5.74, 6) is -0.623. The first-order valence-electron chi connectivity index (χ1n) is 11.2. The summed E-state index contributed by atoms with van der Waals surface area (Å²) in [4.78, 5) is 12.7. The molecular formula is C23H33Br2FO2S2. The summed E-state index contributed by atoms with van der Waals surface area (Å²) in [6.45, 7) is 4.84. The molecule has 0 amide bonds. The van der Waals surface area contributed by atoms with E-state index in [4.69, 9.17) is 4.74 Å². The van der Waals surface area contributed by atoms with Crippen molar-refractivity contribution in [1.82, 2.24) is 0 Å². The molecule has 0 saturated heterocycles. The Morgan fingerprint density at radius 1 is 0.900 bits per heavy atom. The van der Waals surface area contributed by atoms with Crippen LogP contribution >= 0.6 is 54.5 Å². The van der Waals surface area contributed by atoms with Crippen LogP contribution in [0.25, 0.3) is 10.1 Å². The number of hydrogen-bond acceptors (Lipinski definition) is 4. The van der Waals surface area contributed by atoms with Crippen LogP contribution in [0.1, 0.15) is 101 Å². The van der Waals surface area contributed by atoms with Crippen molar-refractivity contribution in [2.75, 3.05) is 6.61 Å².